The second-order valence-electron chi connectivity index (χ2n) is 5.46. The Morgan fingerprint density at radius 3 is 2.89 bits per heavy atom. The van der Waals surface area contributed by atoms with Gasteiger partial charge in [0.1, 0.15) is 0 Å². The van der Waals surface area contributed by atoms with Crippen LogP contribution >= 0.6 is 0 Å². The maximum Gasteiger partial charge on any atom is 0.230 e. The first-order chi connectivity index (χ1) is 9.11. The number of pyridine rings is 1. The highest BCUT2D eigenvalue weighted by molar-refractivity contribution is 5.83. The van der Waals surface area contributed by atoms with E-state index in [9.17, 15) is 4.79 Å². The van der Waals surface area contributed by atoms with E-state index in [1.165, 1.54) is 0 Å². The van der Waals surface area contributed by atoms with E-state index < -0.39 is 0 Å². The summed E-state index contributed by atoms with van der Waals surface area (Å²) in [6, 6.07) is 4.05. The van der Waals surface area contributed by atoms with Crippen LogP contribution in [0.3, 0.4) is 0 Å². The lowest BCUT2D eigenvalue weighted by atomic mass is 9.93. The fraction of sp³-hybridized carbons (Fsp3) is 0.600. The number of rotatable bonds is 3. The van der Waals surface area contributed by atoms with E-state index in [1.807, 2.05) is 30.9 Å². The zero-order chi connectivity index (χ0) is 13.8. The van der Waals surface area contributed by atoms with E-state index in [0.717, 1.165) is 31.4 Å². The standard InChI is InChI=1S/C15H23N3O/c1-11(13-6-5-8-17-10-13)15(19)18-9-4-3-7-14(18)12(2)16/h5-6,8,10-12,14H,3-4,7,9,16H2,1-2H3. The predicted molar refractivity (Wildman–Crippen MR) is 75.7 cm³/mol. The Kier molecular flexibility index (Phi) is 4.53. The minimum absolute atomic E-state index is 0.0327. The monoisotopic (exact) mass is 261 g/mol. The van der Waals surface area contributed by atoms with E-state index in [0.29, 0.717) is 0 Å². The summed E-state index contributed by atoms with van der Waals surface area (Å²) in [7, 11) is 0. The molecule has 1 aromatic rings. The van der Waals surface area contributed by atoms with Crippen molar-refractivity contribution >= 4 is 5.91 Å². The van der Waals surface area contributed by atoms with Crippen molar-refractivity contribution < 1.29 is 4.79 Å². The number of piperidine rings is 1. The minimum Gasteiger partial charge on any atom is -0.338 e. The number of carbonyl (C=O) groups excluding carboxylic acids is 1. The molecule has 2 rings (SSSR count). The molecule has 0 aromatic carbocycles. The van der Waals surface area contributed by atoms with Gasteiger partial charge in [0.2, 0.25) is 5.91 Å². The molecule has 0 aliphatic carbocycles. The molecule has 1 fully saturated rings. The van der Waals surface area contributed by atoms with Gasteiger partial charge in [-0.1, -0.05) is 6.07 Å². The zero-order valence-electron chi connectivity index (χ0n) is 11.7. The van der Waals surface area contributed by atoms with Gasteiger partial charge >= 0.3 is 0 Å². The van der Waals surface area contributed by atoms with Crippen molar-refractivity contribution in [3.8, 4) is 0 Å². The summed E-state index contributed by atoms with van der Waals surface area (Å²) in [6.45, 7) is 4.77. The molecular formula is C15H23N3O. The Balaban J connectivity index is 2.13. The first kappa shape index (κ1) is 14.0. The summed E-state index contributed by atoms with van der Waals surface area (Å²) >= 11 is 0. The molecule has 4 heteroatoms. The van der Waals surface area contributed by atoms with Gasteiger partial charge in [0.15, 0.2) is 0 Å². The van der Waals surface area contributed by atoms with Crippen LogP contribution in [-0.2, 0) is 4.79 Å². The summed E-state index contributed by atoms with van der Waals surface area (Å²) in [5.74, 6) is 0.0306. The third kappa shape index (κ3) is 3.13. The third-order valence-corrected chi connectivity index (χ3v) is 3.99. The number of hydrogen-bond acceptors (Lipinski definition) is 3. The van der Waals surface area contributed by atoms with Gasteiger partial charge in [0.05, 0.1) is 5.92 Å². The lowest BCUT2D eigenvalue weighted by Crippen LogP contribution is -2.52. The fourth-order valence-corrected chi connectivity index (χ4v) is 2.80. The largest absolute Gasteiger partial charge is 0.338 e. The molecule has 1 aliphatic rings. The number of nitrogens with two attached hydrogens (primary N) is 1. The quantitative estimate of drug-likeness (QED) is 0.904. The number of amides is 1. The topological polar surface area (TPSA) is 59.2 Å². The first-order valence-corrected chi connectivity index (χ1v) is 7.07. The first-order valence-electron chi connectivity index (χ1n) is 7.07. The summed E-state index contributed by atoms with van der Waals surface area (Å²) in [4.78, 5) is 18.7. The van der Waals surface area contributed by atoms with Crippen molar-refractivity contribution in [2.24, 2.45) is 5.73 Å². The Labute approximate surface area is 115 Å². The van der Waals surface area contributed by atoms with E-state index in [2.05, 4.69) is 4.98 Å². The number of hydrogen-bond donors (Lipinski definition) is 1. The summed E-state index contributed by atoms with van der Waals surface area (Å²) in [5, 5.41) is 0. The molecule has 4 nitrogen and oxygen atoms in total. The van der Waals surface area contributed by atoms with E-state index in [4.69, 9.17) is 5.73 Å². The van der Waals surface area contributed by atoms with Crippen LogP contribution in [0.25, 0.3) is 0 Å². The second-order valence-corrected chi connectivity index (χ2v) is 5.46. The van der Waals surface area contributed by atoms with Crippen molar-refractivity contribution in [1.29, 1.82) is 0 Å². The molecule has 19 heavy (non-hydrogen) atoms. The van der Waals surface area contributed by atoms with Crippen molar-refractivity contribution in [3.05, 3.63) is 30.1 Å². The summed E-state index contributed by atoms with van der Waals surface area (Å²) < 4.78 is 0. The molecular weight excluding hydrogens is 238 g/mol. The van der Waals surface area contributed by atoms with Crippen molar-refractivity contribution in [2.75, 3.05) is 6.54 Å². The Bertz CT molecular complexity index is 419. The molecule has 1 aromatic heterocycles. The van der Waals surface area contributed by atoms with Crippen molar-refractivity contribution in [3.63, 3.8) is 0 Å². The smallest absolute Gasteiger partial charge is 0.230 e. The molecule has 0 bridgehead atoms. The van der Waals surface area contributed by atoms with Crippen molar-refractivity contribution in [2.45, 2.75) is 51.1 Å². The number of likely N-dealkylation sites (tertiary alicyclic amines) is 1. The third-order valence-electron chi connectivity index (χ3n) is 3.99. The van der Waals surface area contributed by atoms with Crippen molar-refractivity contribution in [1.82, 2.24) is 9.88 Å². The molecule has 0 radical (unpaired) electrons. The van der Waals surface area contributed by atoms with Crippen LogP contribution in [0.1, 0.15) is 44.6 Å². The van der Waals surface area contributed by atoms with Crippen LogP contribution in [0.15, 0.2) is 24.5 Å². The molecule has 104 valence electrons. The van der Waals surface area contributed by atoms with Crippen LogP contribution < -0.4 is 5.73 Å². The van der Waals surface area contributed by atoms with Gasteiger partial charge in [-0.25, -0.2) is 0 Å². The minimum atomic E-state index is -0.145. The van der Waals surface area contributed by atoms with Crippen LogP contribution in [0.2, 0.25) is 0 Å². The highest BCUT2D eigenvalue weighted by Gasteiger charge is 2.32. The summed E-state index contributed by atoms with van der Waals surface area (Å²) in [5.41, 5.74) is 7.00. The Hall–Kier alpha value is -1.42. The Morgan fingerprint density at radius 2 is 2.26 bits per heavy atom. The van der Waals surface area contributed by atoms with Gasteiger partial charge in [0.25, 0.3) is 0 Å². The Morgan fingerprint density at radius 1 is 1.47 bits per heavy atom. The number of carbonyl (C=O) groups is 1. The van der Waals surface area contributed by atoms with Gasteiger partial charge in [0, 0.05) is 31.0 Å². The fourth-order valence-electron chi connectivity index (χ4n) is 2.80. The van der Waals surface area contributed by atoms with Gasteiger partial charge in [-0.05, 0) is 44.7 Å². The number of nitrogens with zero attached hydrogens (tertiary/aromatic N) is 2. The second kappa shape index (κ2) is 6.15. The molecule has 3 atom stereocenters. The normalized spacial score (nSPS) is 22.9. The molecule has 3 unspecified atom stereocenters. The van der Waals surface area contributed by atoms with Gasteiger partial charge in [-0.3, -0.25) is 9.78 Å². The molecule has 1 saturated heterocycles. The molecule has 0 spiro atoms. The maximum absolute atomic E-state index is 12.7. The zero-order valence-corrected chi connectivity index (χ0v) is 11.7. The van der Waals surface area contributed by atoms with Gasteiger partial charge in [-0.2, -0.15) is 0 Å². The lowest BCUT2D eigenvalue weighted by Gasteiger charge is -2.39. The van der Waals surface area contributed by atoms with Crippen LogP contribution in [-0.4, -0.2) is 34.4 Å². The summed E-state index contributed by atoms with van der Waals surface area (Å²) in [6.07, 6.45) is 6.76. The molecule has 1 aliphatic heterocycles. The van der Waals surface area contributed by atoms with Gasteiger partial charge < -0.3 is 10.6 Å². The lowest BCUT2D eigenvalue weighted by molar-refractivity contribution is -0.136. The van der Waals surface area contributed by atoms with Crippen LogP contribution in [0, 0.1) is 0 Å². The average Bonchev–Trinajstić information content (AvgIpc) is 2.46. The van der Waals surface area contributed by atoms with E-state index >= 15 is 0 Å². The van der Waals surface area contributed by atoms with E-state index in [1.54, 1.807) is 12.4 Å². The molecule has 2 N–H and O–H groups in total. The van der Waals surface area contributed by atoms with E-state index in [-0.39, 0.29) is 23.9 Å². The predicted octanol–water partition coefficient (Wildman–Crippen LogP) is 1.91. The number of aromatic nitrogens is 1. The van der Waals surface area contributed by atoms with Crippen LogP contribution in [0.4, 0.5) is 0 Å². The average molecular weight is 261 g/mol. The maximum atomic E-state index is 12.7. The SMILES string of the molecule is CC(C(=O)N1CCCCC1C(C)N)c1cccnc1. The van der Waals surface area contributed by atoms with Crippen LogP contribution in [0.5, 0.6) is 0 Å². The molecule has 1 amide bonds. The highest BCUT2D eigenvalue weighted by Crippen LogP contribution is 2.24. The van der Waals surface area contributed by atoms with Gasteiger partial charge in [-0.15, -0.1) is 0 Å². The molecule has 0 saturated carbocycles. The highest BCUT2D eigenvalue weighted by atomic mass is 16.2. The molecule has 2 heterocycles.